The molecule has 1 aromatic heterocycles. The molecule has 21 heavy (non-hydrogen) atoms. The third-order valence-electron chi connectivity index (χ3n) is 4.72. The van der Waals surface area contributed by atoms with Crippen molar-refractivity contribution in [2.24, 2.45) is 7.05 Å². The first-order valence-electron chi connectivity index (χ1n) is 7.90. The molecule has 1 N–H and O–H groups in total. The molecular weight excluding hydrogens is 258 g/mol. The number of nitrogens with zero attached hydrogens (tertiary/aromatic N) is 2. The van der Waals surface area contributed by atoms with Crippen LogP contribution >= 0.6 is 0 Å². The highest BCUT2D eigenvalue weighted by Gasteiger charge is 2.25. The molecular formula is C18H25N3. The molecule has 1 aromatic carbocycles. The molecule has 3 heteroatoms. The van der Waals surface area contributed by atoms with E-state index in [4.69, 9.17) is 0 Å². The van der Waals surface area contributed by atoms with Crippen molar-refractivity contribution in [2.75, 3.05) is 0 Å². The van der Waals surface area contributed by atoms with Crippen LogP contribution in [0, 0.1) is 13.8 Å². The van der Waals surface area contributed by atoms with Gasteiger partial charge in [-0.05, 0) is 51.2 Å². The number of hydrogen-bond donors (Lipinski definition) is 1. The third-order valence-corrected chi connectivity index (χ3v) is 4.72. The first-order chi connectivity index (χ1) is 10.1. The minimum absolute atomic E-state index is 0.363. The topological polar surface area (TPSA) is 29.9 Å². The molecule has 0 spiro atoms. The molecule has 3 rings (SSSR count). The van der Waals surface area contributed by atoms with Gasteiger partial charge in [0.05, 0.1) is 6.20 Å². The standard InChI is InChI=1S/C18H25N3/c1-12-8-9-15(13(2)10-12)14(3)20-17-6-5-7-18-16(17)11-19-21(18)4/h8-11,14,17,20H,5-7H2,1-4H3. The van der Waals surface area contributed by atoms with E-state index in [9.17, 15) is 0 Å². The highest BCUT2D eigenvalue weighted by Crippen LogP contribution is 2.31. The molecule has 0 fully saturated rings. The van der Waals surface area contributed by atoms with E-state index in [-0.39, 0.29) is 0 Å². The van der Waals surface area contributed by atoms with E-state index in [1.54, 1.807) is 0 Å². The first-order valence-corrected chi connectivity index (χ1v) is 7.90. The second kappa shape index (κ2) is 5.64. The lowest BCUT2D eigenvalue weighted by atomic mass is 9.91. The van der Waals surface area contributed by atoms with E-state index in [1.165, 1.54) is 40.8 Å². The Hall–Kier alpha value is -1.61. The van der Waals surface area contributed by atoms with Crippen molar-refractivity contribution in [3.63, 3.8) is 0 Å². The number of fused-ring (bicyclic) bond motifs is 1. The van der Waals surface area contributed by atoms with E-state index in [2.05, 4.69) is 56.4 Å². The van der Waals surface area contributed by atoms with Gasteiger partial charge in [0, 0.05) is 30.4 Å². The van der Waals surface area contributed by atoms with Gasteiger partial charge in [-0.1, -0.05) is 23.8 Å². The Morgan fingerprint density at radius 3 is 2.90 bits per heavy atom. The van der Waals surface area contributed by atoms with Gasteiger partial charge in [0.15, 0.2) is 0 Å². The zero-order chi connectivity index (χ0) is 15.0. The number of benzene rings is 1. The van der Waals surface area contributed by atoms with Gasteiger partial charge < -0.3 is 5.32 Å². The highest BCUT2D eigenvalue weighted by molar-refractivity contribution is 5.33. The SMILES string of the molecule is Cc1ccc(C(C)NC2CCCc3c2cnn3C)c(C)c1. The van der Waals surface area contributed by atoms with Crippen molar-refractivity contribution < 1.29 is 0 Å². The second-order valence-corrected chi connectivity index (χ2v) is 6.36. The molecule has 2 unspecified atom stereocenters. The summed E-state index contributed by atoms with van der Waals surface area (Å²) in [5.41, 5.74) is 6.89. The number of aromatic nitrogens is 2. The normalized spacial score (nSPS) is 19.3. The maximum Gasteiger partial charge on any atom is 0.0540 e. The maximum atomic E-state index is 4.43. The van der Waals surface area contributed by atoms with Crippen LogP contribution in [-0.2, 0) is 13.5 Å². The van der Waals surface area contributed by atoms with Gasteiger partial charge in [0.25, 0.3) is 0 Å². The molecule has 0 radical (unpaired) electrons. The summed E-state index contributed by atoms with van der Waals surface area (Å²) in [6.07, 6.45) is 5.64. The van der Waals surface area contributed by atoms with Gasteiger partial charge in [-0.2, -0.15) is 5.10 Å². The summed E-state index contributed by atoms with van der Waals surface area (Å²) in [4.78, 5) is 0. The molecule has 0 aliphatic heterocycles. The van der Waals surface area contributed by atoms with Crippen molar-refractivity contribution in [1.29, 1.82) is 0 Å². The predicted octanol–water partition coefficient (Wildman–Crippen LogP) is 3.77. The summed E-state index contributed by atoms with van der Waals surface area (Å²) >= 11 is 0. The Balaban J connectivity index is 1.81. The lowest BCUT2D eigenvalue weighted by Gasteiger charge is -2.28. The average Bonchev–Trinajstić information content (AvgIpc) is 2.81. The predicted molar refractivity (Wildman–Crippen MR) is 86.4 cm³/mol. The summed E-state index contributed by atoms with van der Waals surface area (Å²) < 4.78 is 2.03. The van der Waals surface area contributed by atoms with Gasteiger partial charge in [-0.3, -0.25) is 4.68 Å². The van der Waals surface area contributed by atoms with Crippen molar-refractivity contribution in [1.82, 2.24) is 15.1 Å². The largest absolute Gasteiger partial charge is 0.303 e. The van der Waals surface area contributed by atoms with Gasteiger partial charge >= 0.3 is 0 Å². The Labute approximate surface area is 127 Å². The minimum Gasteiger partial charge on any atom is -0.303 e. The molecule has 2 atom stereocenters. The van der Waals surface area contributed by atoms with E-state index in [0.717, 1.165) is 6.42 Å². The third kappa shape index (κ3) is 2.75. The van der Waals surface area contributed by atoms with E-state index in [0.29, 0.717) is 12.1 Å². The second-order valence-electron chi connectivity index (χ2n) is 6.36. The fourth-order valence-electron chi connectivity index (χ4n) is 3.58. The van der Waals surface area contributed by atoms with Crippen LogP contribution < -0.4 is 5.32 Å². The quantitative estimate of drug-likeness (QED) is 0.929. The maximum absolute atomic E-state index is 4.43. The Kier molecular flexibility index (Phi) is 3.85. The molecule has 0 saturated heterocycles. The number of hydrogen-bond acceptors (Lipinski definition) is 2. The summed E-state index contributed by atoms with van der Waals surface area (Å²) in [7, 11) is 2.05. The lowest BCUT2D eigenvalue weighted by Crippen LogP contribution is -2.28. The smallest absolute Gasteiger partial charge is 0.0540 e. The summed E-state index contributed by atoms with van der Waals surface area (Å²) in [5, 5.41) is 8.25. The monoisotopic (exact) mass is 283 g/mol. The van der Waals surface area contributed by atoms with Gasteiger partial charge in [-0.15, -0.1) is 0 Å². The molecule has 3 nitrogen and oxygen atoms in total. The molecule has 0 saturated carbocycles. The van der Waals surface area contributed by atoms with Crippen LogP contribution in [0.2, 0.25) is 0 Å². The molecule has 1 aliphatic carbocycles. The lowest BCUT2D eigenvalue weighted by molar-refractivity contribution is 0.410. The Bertz CT molecular complexity index is 642. The van der Waals surface area contributed by atoms with Crippen LogP contribution in [0.5, 0.6) is 0 Å². The van der Waals surface area contributed by atoms with Crippen molar-refractivity contribution in [2.45, 2.75) is 52.1 Å². The van der Waals surface area contributed by atoms with Crippen molar-refractivity contribution >= 4 is 0 Å². The van der Waals surface area contributed by atoms with Crippen molar-refractivity contribution in [3.8, 4) is 0 Å². The molecule has 1 aliphatic rings. The van der Waals surface area contributed by atoms with Gasteiger partial charge in [-0.25, -0.2) is 0 Å². The summed E-state index contributed by atoms with van der Waals surface area (Å²) in [5.74, 6) is 0. The van der Waals surface area contributed by atoms with Crippen molar-refractivity contribution in [3.05, 3.63) is 52.3 Å². The van der Waals surface area contributed by atoms with Crippen LogP contribution in [-0.4, -0.2) is 9.78 Å². The zero-order valence-corrected chi connectivity index (χ0v) is 13.5. The van der Waals surface area contributed by atoms with Gasteiger partial charge in [0.2, 0.25) is 0 Å². The van der Waals surface area contributed by atoms with E-state index < -0.39 is 0 Å². The minimum atomic E-state index is 0.363. The summed E-state index contributed by atoms with van der Waals surface area (Å²) in [6, 6.07) is 7.52. The summed E-state index contributed by atoms with van der Waals surface area (Å²) in [6.45, 7) is 6.62. The molecule has 2 aromatic rings. The molecule has 0 bridgehead atoms. The molecule has 112 valence electrons. The number of aryl methyl sites for hydroxylation is 3. The fraction of sp³-hybridized carbons (Fsp3) is 0.500. The van der Waals surface area contributed by atoms with Crippen LogP contribution in [0.3, 0.4) is 0 Å². The number of nitrogens with one attached hydrogen (secondary N) is 1. The van der Waals surface area contributed by atoms with E-state index in [1.807, 2.05) is 10.9 Å². The van der Waals surface area contributed by atoms with Crippen LogP contribution in [0.25, 0.3) is 0 Å². The Morgan fingerprint density at radius 2 is 2.14 bits per heavy atom. The van der Waals surface area contributed by atoms with Gasteiger partial charge in [0.1, 0.15) is 0 Å². The van der Waals surface area contributed by atoms with Crippen LogP contribution in [0.1, 0.15) is 59.8 Å². The van der Waals surface area contributed by atoms with Crippen LogP contribution in [0.15, 0.2) is 24.4 Å². The highest BCUT2D eigenvalue weighted by atomic mass is 15.3. The molecule has 0 amide bonds. The zero-order valence-electron chi connectivity index (χ0n) is 13.5. The molecule has 1 heterocycles. The Morgan fingerprint density at radius 1 is 1.33 bits per heavy atom. The number of rotatable bonds is 3. The van der Waals surface area contributed by atoms with E-state index >= 15 is 0 Å². The van der Waals surface area contributed by atoms with Crippen LogP contribution in [0.4, 0.5) is 0 Å². The first kappa shape index (κ1) is 14.3. The average molecular weight is 283 g/mol. The fourth-order valence-corrected chi connectivity index (χ4v) is 3.58.